The number of anilines is 1. The SMILES string of the molecule is Nc1cc(Cl)ccc1S(=O)CC1Cc2ccccc21. The molecule has 0 radical (unpaired) electrons. The van der Waals surface area contributed by atoms with Crippen molar-refractivity contribution < 1.29 is 4.21 Å². The van der Waals surface area contributed by atoms with E-state index in [1.54, 1.807) is 18.2 Å². The van der Waals surface area contributed by atoms with E-state index >= 15 is 0 Å². The van der Waals surface area contributed by atoms with Crippen molar-refractivity contribution in [1.82, 2.24) is 0 Å². The minimum atomic E-state index is -1.07. The third kappa shape index (κ3) is 2.40. The predicted molar refractivity (Wildman–Crippen MR) is 80.0 cm³/mol. The molecule has 3 rings (SSSR count). The zero-order valence-electron chi connectivity index (χ0n) is 10.3. The van der Waals surface area contributed by atoms with Crippen LogP contribution in [0.5, 0.6) is 0 Å². The van der Waals surface area contributed by atoms with Gasteiger partial charge in [0.1, 0.15) is 0 Å². The van der Waals surface area contributed by atoms with E-state index in [2.05, 4.69) is 12.1 Å². The molecule has 0 saturated carbocycles. The Balaban J connectivity index is 1.77. The van der Waals surface area contributed by atoms with Gasteiger partial charge in [0.25, 0.3) is 0 Å². The number of hydrogen-bond acceptors (Lipinski definition) is 2. The summed E-state index contributed by atoms with van der Waals surface area (Å²) in [5.41, 5.74) is 9.08. The summed E-state index contributed by atoms with van der Waals surface area (Å²) in [5.74, 6) is 1.01. The van der Waals surface area contributed by atoms with Crippen molar-refractivity contribution in [3.05, 3.63) is 58.6 Å². The first-order chi connectivity index (χ1) is 9.15. The average Bonchev–Trinajstić information content (AvgIpc) is 2.35. The number of nitrogen functional groups attached to an aromatic ring is 1. The summed E-state index contributed by atoms with van der Waals surface area (Å²) in [6.07, 6.45) is 1.01. The highest BCUT2D eigenvalue weighted by Gasteiger charge is 2.27. The van der Waals surface area contributed by atoms with Crippen molar-refractivity contribution in [2.75, 3.05) is 11.5 Å². The number of fused-ring (bicyclic) bond motifs is 1. The summed E-state index contributed by atoms with van der Waals surface area (Å²) in [5, 5.41) is 0.576. The first-order valence-corrected chi connectivity index (χ1v) is 7.86. The van der Waals surface area contributed by atoms with Gasteiger partial charge < -0.3 is 5.73 Å². The molecule has 2 aromatic carbocycles. The van der Waals surface area contributed by atoms with Gasteiger partial charge in [-0.15, -0.1) is 0 Å². The maximum absolute atomic E-state index is 12.4. The van der Waals surface area contributed by atoms with E-state index < -0.39 is 10.8 Å². The summed E-state index contributed by atoms with van der Waals surface area (Å²) in [6.45, 7) is 0. The highest BCUT2D eigenvalue weighted by atomic mass is 35.5. The van der Waals surface area contributed by atoms with Crippen molar-refractivity contribution in [1.29, 1.82) is 0 Å². The molecule has 0 aromatic heterocycles. The predicted octanol–water partition coefficient (Wildman–Crippen LogP) is 3.37. The Hall–Kier alpha value is -1.32. The topological polar surface area (TPSA) is 43.1 Å². The van der Waals surface area contributed by atoms with Crippen LogP contribution in [0.2, 0.25) is 5.02 Å². The average molecular weight is 292 g/mol. The Morgan fingerprint density at radius 3 is 2.79 bits per heavy atom. The van der Waals surface area contributed by atoms with Crippen LogP contribution in [-0.4, -0.2) is 9.96 Å². The molecule has 1 aliphatic carbocycles. The number of halogens is 1. The van der Waals surface area contributed by atoms with Gasteiger partial charge in [-0.3, -0.25) is 4.21 Å². The molecule has 0 aliphatic heterocycles. The van der Waals surface area contributed by atoms with Gasteiger partial charge in [-0.2, -0.15) is 0 Å². The van der Waals surface area contributed by atoms with Gasteiger partial charge in [-0.05, 0) is 35.7 Å². The molecule has 98 valence electrons. The van der Waals surface area contributed by atoms with Gasteiger partial charge in [0.2, 0.25) is 0 Å². The van der Waals surface area contributed by atoms with E-state index in [1.165, 1.54) is 11.1 Å². The molecule has 4 heteroatoms. The second-order valence-corrected chi connectivity index (χ2v) is 6.69. The number of rotatable bonds is 3. The zero-order chi connectivity index (χ0) is 13.4. The van der Waals surface area contributed by atoms with Crippen LogP contribution in [-0.2, 0) is 17.2 Å². The van der Waals surface area contributed by atoms with E-state index in [-0.39, 0.29) is 0 Å². The van der Waals surface area contributed by atoms with Crippen LogP contribution < -0.4 is 5.73 Å². The standard InChI is InChI=1S/C15H14ClNOS/c16-12-5-6-15(14(17)8-12)19(18)9-11-7-10-3-1-2-4-13(10)11/h1-6,8,11H,7,9,17H2. The quantitative estimate of drug-likeness (QED) is 0.881. The van der Waals surface area contributed by atoms with Crippen LogP contribution in [0.1, 0.15) is 17.0 Å². The van der Waals surface area contributed by atoms with Crippen molar-refractivity contribution >= 4 is 28.1 Å². The smallest absolute Gasteiger partial charge is 0.0618 e. The second kappa shape index (κ2) is 4.99. The lowest BCUT2D eigenvalue weighted by Gasteiger charge is -2.29. The number of nitrogens with two attached hydrogens (primary N) is 1. The Bertz CT molecular complexity index is 656. The van der Waals surface area contributed by atoms with Crippen molar-refractivity contribution in [2.24, 2.45) is 0 Å². The fourth-order valence-corrected chi connectivity index (χ4v) is 4.08. The van der Waals surface area contributed by atoms with Crippen molar-refractivity contribution in [3.63, 3.8) is 0 Å². The molecule has 0 heterocycles. The van der Waals surface area contributed by atoms with E-state index in [4.69, 9.17) is 17.3 Å². The lowest BCUT2D eigenvalue weighted by Crippen LogP contribution is -2.22. The third-order valence-corrected chi connectivity index (χ3v) is 5.33. The van der Waals surface area contributed by atoms with Gasteiger partial charge >= 0.3 is 0 Å². The number of hydrogen-bond donors (Lipinski definition) is 1. The van der Waals surface area contributed by atoms with Gasteiger partial charge in [0.05, 0.1) is 15.7 Å². The monoisotopic (exact) mass is 291 g/mol. The Kier molecular flexibility index (Phi) is 3.33. The van der Waals surface area contributed by atoms with Crippen LogP contribution >= 0.6 is 11.6 Å². The summed E-state index contributed by atoms with van der Waals surface area (Å²) < 4.78 is 12.4. The lowest BCUT2D eigenvalue weighted by molar-refractivity contribution is 0.645. The van der Waals surface area contributed by atoms with Crippen LogP contribution in [0.4, 0.5) is 5.69 Å². The molecular weight excluding hydrogens is 278 g/mol. The molecule has 0 fully saturated rings. The normalized spacial score (nSPS) is 18.5. The molecule has 0 saturated heterocycles. The molecule has 0 spiro atoms. The van der Waals surface area contributed by atoms with Gasteiger partial charge in [-0.1, -0.05) is 35.9 Å². The Morgan fingerprint density at radius 1 is 1.26 bits per heavy atom. The summed E-state index contributed by atoms with van der Waals surface area (Å²) >= 11 is 5.85. The molecule has 2 N–H and O–H groups in total. The third-order valence-electron chi connectivity index (χ3n) is 3.53. The lowest BCUT2D eigenvalue weighted by atomic mass is 9.79. The Morgan fingerprint density at radius 2 is 2.05 bits per heavy atom. The summed E-state index contributed by atoms with van der Waals surface area (Å²) in [4.78, 5) is 0.689. The van der Waals surface area contributed by atoms with Crippen LogP contribution in [0.15, 0.2) is 47.4 Å². The number of benzene rings is 2. The van der Waals surface area contributed by atoms with Crippen LogP contribution in [0.25, 0.3) is 0 Å². The second-order valence-electron chi connectivity index (χ2n) is 4.79. The molecule has 1 aliphatic rings. The van der Waals surface area contributed by atoms with Crippen LogP contribution in [0.3, 0.4) is 0 Å². The van der Waals surface area contributed by atoms with E-state index in [9.17, 15) is 4.21 Å². The minimum absolute atomic E-state index is 0.382. The summed E-state index contributed by atoms with van der Waals surface area (Å²) in [7, 11) is -1.07. The van der Waals surface area contributed by atoms with Gasteiger partial charge in [0, 0.05) is 22.4 Å². The minimum Gasteiger partial charge on any atom is -0.398 e. The molecule has 2 aromatic rings. The van der Waals surface area contributed by atoms with Crippen molar-refractivity contribution in [2.45, 2.75) is 17.2 Å². The molecule has 19 heavy (non-hydrogen) atoms. The largest absolute Gasteiger partial charge is 0.398 e. The van der Waals surface area contributed by atoms with Gasteiger partial charge in [-0.25, -0.2) is 0 Å². The first kappa shape index (κ1) is 12.7. The molecular formula is C15H14ClNOS. The fourth-order valence-electron chi connectivity index (χ4n) is 2.51. The maximum Gasteiger partial charge on any atom is 0.0618 e. The first-order valence-electron chi connectivity index (χ1n) is 6.16. The highest BCUT2D eigenvalue weighted by Crippen LogP contribution is 2.36. The van der Waals surface area contributed by atoms with E-state index in [0.29, 0.717) is 27.3 Å². The van der Waals surface area contributed by atoms with Gasteiger partial charge in [0.15, 0.2) is 0 Å². The summed E-state index contributed by atoms with van der Waals surface area (Å²) in [6, 6.07) is 13.5. The molecule has 0 bridgehead atoms. The Labute approximate surface area is 120 Å². The van der Waals surface area contributed by atoms with Crippen molar-refractivity contribution in [3.8, 4) is 0 Å². The fraction of sp³-hybridized carbons (Fsp3) is 0.200. The highest BCUT2D eigenvalue weighted by molar-refractivity contribution is 7.85. The van der Waals surface area contributed by atoms with E-state index in [1.807, 2.05) is 12.1 Å². The van der Waals surface area contributed by atoms with E-state index in [0.717, 1.165) is 6.42 Å². The van der Waals surface area contributed by atoms with Crippen LogP contribution in [0, 0.1) is 0 Å². The zero-order valence-corrected chi connectivity index (χ0v) is 11.9. The maximum atomic E-state index is 12.4. The molecule has 2 nitrogen and oxygen atoms in total. The molecule has 0 amide bonds. The molecule has 2 atom stereocenters. The molecule has 2 unspecified atom stereocenters.